The molecule has 0 atom stereocenters. The van der Waals surface area contributed by atoms with Gasteiger partial charge in [-0.1, -0.05) is 29.8 Å². The van der Waals surface area contributed by atoms with Gasteiger partial charge in [-0.05, 0) is 32.4 Å². The van der Waals surface area contributed by atoms with Crippen molar-refractivity contribution in [2.45, 2.75) is 33.6 Å². The van der Waals surface area contributed by atoms with E-state index in [1.165, 1.54) is 5.56 Å². The maximum Gasteiger partial charge on any atom is 0.224 e. The predicted molar refractivity (Wildman–Crippen MR) is 100 cm³/mol. The highest BCUT2D eigenvalue weighted by molar-refractivity contribution is 7.12. The van der Waals surface area contributed by atoms with Crippen LogP contribution in [0.2, 0.25) is 0 Å². The number of hydrogen-bond acceptors (Lipinski definition) is 4. The molecular weight excluding hydrogens is 332 g/mol. The Kier molecular flexibility index (Phi) is 5.28. The number of nitrogens with zero attached hydrogens (tertiary/aromatic N) is 3. The topological polar surface area (TPSA) is 59.8 Å². The van der Waals surface area contributed by atoms with Crippen LogP contribution in [0.15, 0.2) is 35.7 Å². The van der Waals surface area contributed by atoms with Crippen molar-refractivity contribution in [3.8, 4) is 5.13 Å². The van der Waals surface area contributed by atoms with Gasteiger partial charge in [-0.2, -0.15) is 5.10 Å². The fourth-order valence-electron chi connectivity index (χ4n) is 2.73. The second-order valence-electron chi connectivity index (χ2n) is 6.23. The average Bonchev–Trinajstić information content (AvgIpc) is 3.13. The summed E-state index contributed by atoms with van der Waals surface area (Å²) >= 11 is 1.57. The molecule has 0 unspecified atom stereocenters. The van der Waals surface area contributed by atoms with Crippen molar-refractivity contribution in [2.75, 3.05) is 6.54 Å². The zero-order valence-electron chi connectivity index (χ0n) is 14.7. The van der Waals surface area contributed by atoms with Crippen molar-refractivity contribution in [1.82, 2.24) is 20.1 Å². The molecule has 2 heterocycles. The van der Waals surface area contributed by atoms with Crippen molar-refractivity contribution < 1.29 is 4.79 Å². The van der Waals surface area contributed by atoms with Gasteiger partial charge in [0.1, 0.15) is 0 Å². The van der Waals surface area contributed by atoms with Gasteiger partial charge < -0.3 is 5.32 Å². The van der Waals surface area contributed by atoms with Crippen LogP contribution in [0.25, 0.3) is 5.13 Å². The van der Waals surface area contributed by atoms with Gasteiger partial charge in [-0.3, -0.25) is 4.79 Å². The molecular formula is C19H22N4OS. The molecule has 5 nitrogen and oxygen atoms in total. The van der Waals surface area contributed by atoms with Crippen molar-refractivity contribution in [3.63, 3.8) is 0 Å². The van der Waals surface area contributed by atoms with Gasteiger partial charge >= 0.3 is 0 Å². The number of carbonyl (C=O) groups is 1. The monoisotopic (exact) mass is 354 g/mol. The van der Waals surface area contributed by atoms with Crippen LogP contribution >= 0.6 is 11.3 Å². The predicted octanol–water partition coefficient (Wildman–Crippen LogP) is 3.16. The Morgan fingerprint density at radius 3 is 2.80 bits per heavy atom. The van der Waals surface area contributed by atoms with E-state index in [0.717, 1.165) is 34.2 Å². The minimum atomic E-state index is 0.0413. The fourth-order valence-corrected chi connectivity index (χ4v) is 3.60. The summed E-state index contributed by atoms with van der Waals surface area (Å²) in [6, 6.07) is 10.1. The second kappa shape index (κ2) is 7.61. The van der Waals surface area contributed by atoms with E-state index in [-0.39, 0.29) is 5.91 Å². The Hall–Kier alpha value is -2.47. The van der Waals surface area contributed by atoms with E-state index in [4.69, 9.17) is 0 Å². The summed E-state index contributed by atoms with van der Waals surface area (Å²) < 4.78 is 1.86. The third kappa shape index (κ3) is 4.54. The van der Waals surface area contributed by atoms with E-state index in [1.54, 1.807) is 11.3 Å². The maximum absolute atomic E-state index is 12.0. The highest BCUT2D eigenvalue weighted by Crippen LogP contribution is 2.17. The number of aromatic nitrogens is 3. The van der Waals surface area contributed by atoms with Crippen LogP contribution in [0, 0.1) is 20.8 Å². The zero-order valence-corrected chi connectivity index (χ0v) is 15.6. The first-order chi connectivity index (χ1) is 12.0. The van der Waals surface area contributed by atoms with E-state index < -0.39 is 0 Å². The molecule has 0 bridgehead atoms. The number of nitrogens with one attached hydrogen (secondary N) is 1. The normalized spacial score (nSPS) is 10.8. The van der Waals surface area contributed by atoms with Crippen molar-refractivity contribution >= 4 is 17.2 Å². The fraction of sp³-hybridized carbons (Fsp3) is 0.316. The zero-order chi connectivity index (χ0) is 17.8. The largest absolute Gasteiger partial charge is 0.355 e. The second-order valence-corrected chi connectivity index (χ2v) is 7.06. The molecule has 1 amide bonds. The summed E-state index contributed by atoms with van der Waals surface area (Å²) in [5, 5.41) is 10.3. The number of rotatable bonds is 6. The van der Waals surface area contributed by atoms with Crippen LogP contribution in [-0.2, 0) is 17.6 Å². The smallest absolute Gasteiger partial charge is 0.224 e. The average molecular weight is 354 g/mol. The number of hydrogen-bond donors (Lipinski definition) is 1. The number of benzene rings is 1. The van der Waals surface area contributed by atoms with Gasteiger partial charge in [0.05, 0.1) is 17.8 Å². The van der Waals surface area contributed by atoms with Gasteiger partial charge in [0.15, 0.2) is 0 Å². The van der Waals surface area contributed by atoms with Gasteiger partial charge in [-0.25, -0.2) is 9.67 Å². The molecule has 3 rings (SSSR count). The highest BCUT2D eigenvalue weighted by atomic mass is 32.1. The third-order valence-electron chi connectivity index (χ3n) is 3.88. The first-order valence-corrected chi connectivity index (χ1v) is 9.19. The molecule has 0 spiro atoms. The molecule has 0 aliphatic rings. The first-order valence-electron chi connectivity index (χ1n) is 8.31. The van der Waals surface area contributed by atoms with E-state index >= 15 is 0 Å². The minimum absolute atomic E-state index is 0.0413. The van der Waals surface area contributed by atoms with Crippen LogP contribution in [0.5, 0.6) is 0 Å². The Morgan fingerprint density at radius 2 is 2.08 bits per heavy atom. The van der Waals surface area contributed by atoms with Crippen LogP contribution in [0.3, 0.4) is 0 Å². The number of amides is 1. The van der Waals surface area contributed by atoms with E-state index in [2.05, 4.69) is 15.4 Å². The van der Waals surface area contributed by atoms with Gasteiger partial charge in [-0.15, -0.1) is 11.3 Å². The highest BCUT2D eigenvalue weighted by Gasteiger charge is 2.09. The third-order valence-corrected chi connectivity index (χ3v) is 4.75. The Morgan fingerprint density at radius 1 is 1.24 bits per heavy atom. The SMILES string of the molecule is Cc1cccc(CC(=O)NCCc2csc(-n3nc(C)cc3C)n2)c1. The van der Waals surface area contributed by atoms with Crippen LogP contribution in [0.4, 0.5) is 0 Å². The number of aryl methyl sites for hydroxylation is 3. The van der Waals surface area contributed by atoms with Crippen LogP contribution < -0.4 is 5.32 Å². The summed E-state index contributed by atoms with van der Waals surface area (Å²) in [5.74, 6) is 0.0413. The summed E-state index contributed by atoms with van der Waals surface area (Å²) in [6.07, 6.45) is 1.13. The molecule has 3 aromatic rings. The molecule has 0 radical (unpaired) electrons. The number of thiazole rings is 1. The quantitative estimate of drug-likeness (QED) is 0.740. The molecule has 1 N–H and O–H groups in total. The Balaban J connectivity index is 1.51. The van der Waals surface area contributed by atoms with Gasteiger partial charge in [0, 0.05) is 24.0 Å². The van der Waals surface area contributed by atoms with Crippen molar-refractivity contribution in [2.24, 2.45) is 0 Å². The molecule has 2 aromatic heterocycles. The van der Waals surface area contributed by atoms with Crippen molar-refractivity contribution in [1.29, 1.82) is 0 Å². The molecule has 130 valence electrons. The summed E-state index contributed by atoms with van der Waals surface area (Å²) in [5.41, 5.74) is 5.24. The lowest BCUT2D eigenvalue weighted by Gasteiger charge is -2.05. The lowest BCUT2D eigenvalue weighted by molar-refractivity contribution is -0.120. The lowest BCUT2D eigenvalue weighted by Crippen LogP contribution is -2.27. The van der Waals surface area contributed by atoms with E-state index in [1.807, 2.05) is 61.2 Å². The molecule has 0 saturated heterocycles. The Labute approximate surface area is 151 Å². The van der Waals surface area contributed by atoms with Gasteiger partial charge in [0.25, 0.3) is 0 Å². The minimum Gasteiger partial charge on any atom is -0.355 e. The summed E-state index contributed by atoms with van der Waals surface area (Å²) in [4.78, 5) is 16.7. The molecule has 0 fully saturated rings. The molecule has 0 aliphatic heterocycles. The molecule has 0 aliphatic carbocycles. The molecule has 0 saturated carbocycles. The molecule has 6 heteroatoms. The van der Waals surface area contributed by atoms with Crippen LogP contribution in [0.1, 0.15) is 28.2 Å². The first kappa shape index (κ1) is 17.4. The summed E-state index contributed by atoms with van der Waals surface area (Å²) in [7, 11) is 0. The Bertz CT molecular complexity index is 881. The van der Waals surface area contributed by atoms with Crippen molar-refractivity contribution in [3.05, 3.63) is 63.9 Å². The van der Waals surface area contributed by atoms with E-state index in [0.29, 0.717) is 13.0 Å². The number of carbonyl (C=O) groups excluding carboxylic acids is 1. The van der Waals surface area contributed by atoms with E-state index in [9.17, 15) is 4.79 Å². The lowest BCUT2D eigenvalue weighted by atomic mass is 10.1. The standard InChI is InChI=1S/C19H22N4OS/c1-13-5-4-6-16(9-13)11-18(24)20-8-7-17-12-25-19(21-17)23-15(3)10-14(2)22-23/h4-6,9-10,12H,7-8,11H2,1-3H3,(H,20,24). The molecule has 25 heavy (non-hydrogen) atoms. The molecule has 1 aromatic carbocycles. The maximum atomic E-state index is 12.0. The van der Waals surface area contributed by atoms with Crippen LogP contribution in [-0.4, -0.2) is 27.2 Å². The van der Waals surface area contributed by atoms with Gasteiger partial charge in [0.2, 0.25) is 11.0 Å². The summed E-state index contributed by atoms with van der Waals surface area (Å²) in [6.45, 7) is 6.61.